The first kappa shape index (κ1) is 13.5. The normalized spacial score (nSPS) is 11.6. The maximum absolute atomic E-state index is 13.5. The summed E-state index contributed by atoms with van der Waals surface area (Å²) < 4.78 is 18.9. The number of ether oxygens (including phenoxy) is 1. The molecule has 0 aliphatic heterocycles. The van der Waals surface area contributed by atoms with Gasteiger partial charge in [-0.15, -0.1) is 0 Å². The third kappa shape index (κ3) is 4.52. The Bertz CT molecular complexity index is 344. The van der Waals surface area contributed by atoms with E-state index in [9.17, 15) is 4.39 Å². The van der Waals surface area contributed by atoms with E-state index in [4.69, 9.17) is 4.74 Å². The number of rotatable bonds is 4. The van der Waals surface area contributed by atoms with Crippen LogP contribution in [-0.2, 0) is 5.33 Å². The van der Waals surface area contributed by atoms with Gasteiger partial charge in [0.2, 0.25) is 0 Å². The van der Waals surface area contributed by atoms with E-state index in [-0.39, 0.29) is 11.2 Å². The summed E-state index contributed by atoms with van der Waals surface area (Å²) in [6.07, 6.45) is 0.909. The number of benzene rings is 1. The van der Waals surface area contributed by atoms with Crippen LogP contribution >= 0.6 is 15.9 Å². The second kappa shape index (κ2) is 5.67. The zero-order valence-electron chi connectivity index (χ0n) is 10.0. The quantitative estimate of drug-likeness (QED) is 0.740. The smallest absolute Gasteiger partial charge is 0.165 e. The molecule has 90 valence electrons. The minimum Gasteiger partial charge on any atom is -0.490 e. The third-order valence-electron chi connectivity index (χ3n) is 2.26. The maximum Gasteiger partial charge on any atom is 0.165 e. The molecule has 0 heterocycles. The summed E-state index contributed by atoms with van der Waals surface area (Å²) in [6, 6.07) is 5.06. The summed E-state index contributed by atoms with van der Waals surface area (Å²) in [6.45, 7) is 6.97. The number of hydrogen-bond acceptors (Lipinski definition) is 1. The molecule has 0 aliphatic rings. The van der Waals surface area contributed by atoms with Gasteiger partial charge in [0.15, 0.2) is 11.6 Å². The highest BCUT2D eigenvalue weighted by molar-refractivity contribution is 9.08. The summed E-state index contributed by atoms with van der Waals surface area (Å²) >= 11 is 3.29. The number of hydrogen-bond donors (Lipinski definition) is 0. The lowest BCUT2D eigenvalue weighted by atomic mass is 9.93. The molecule has 1 aromatic rings. The molecular formula is C13H18BrFO. The van der Waals surface area contributed by atoms with Crippen LogP contribution in [0.25, 0.3) is 0 Å². The summed E-state index contributed by atoms with van der Waals surface area (Å²) in [5.74, 6) is 0.0554. The number of halogens is 2. The zero-order chi connectivity index (χ0) is 12.2. The Hall–Kier alpha value is -0.570. The fourth-order valence-corrected chi connectivity index (χ4v) is 1.56. The fourth-order valence-electron chi connectivity index (χ4n) is 1.21. The van der Waals surface area contributed by atoms with Crippen LogP contribution < -0.4 is 4.74 Å². The Balaban J connectivity index is 2.55. The van der Waals surface area contributed by atoms with Crippen molar-refractivity contribution >= 4 is 15.9 Å². The van der Waals surface area contributed by atoms with E-state index in [2.05, 4.69) is 36.7 Å². The molecule has 0 atom stereocenters. The van der Waals surface area contributed by atoms with Gasteiger partial charge in [0.05, 0.1) is 6.61 Å². The first-order chi connectivity index (χ1) is 7.42. The van der Waals surface area contributed by atoms with Gasteiger partial charge in [0, 0.05) is 5.33 Å². The van der Waals surface area contributed by atoms with Crippen molar-refractivity contribution in [1.82, 2.24) is 0 Å². The van der Waals surface area contributed by atoms with Gasteiger partial charge in [-0.2, -0.15) is 0 Å². The molecule has 1 aromatic carbocycles. The van der Waals surface area contributed by atoms with Gasteiger partial charge < -0.3 is 4.74 Å². The molecule has 1 rings (SSSR count). The molecule has 0 radical (unpaired) electrons. The van der Waals surface area contributed by atoms with Gasteiger partial charge in [0.1, 0.15) is 0 Å². The van der Waals surface area contributed by atoms with Crippen LogP contribution in [0, 0.1) is 11.2 Å². The Kier molecular flexibility index (Phi) is 4.78. The molecule has 0 aliphatic carbocycles. The van der Waals surface area contributed by atoms with E-state index in [0.29, 0.717) is 17.7 Å². The summed E-state index contributed by atoms with van der Waals surface area (Å²) in [4.78, 5) is 0. The molecule has 0 bridgehead atoms. The molecule has 0 aromatic heterocycles. The van der Waals surface area contributed by atoms with E-state index in [1.54, 1.807) is 6.07 Å². The average Bonchev–Trinajstić information content (AvgIpc) is 2.18. The Morgan fingerprint density at radius 1 is 1.31 bits per heavy atom. The van der Waals surface area contributed by atoms with Crippen LogP contribution in [0.2, 0.25) is 0 Å². The Labute approximate surface area is 105 Å². The van der Waals surface area contributed by atoms with Crippen molar-refractivity contribution in [3.63, 3.8) is 0 Å². The molecule has 3 heteroatoms. The van der Waals surface area contributed by atoms with E-state index in [1.807, 2.05) is 6.07 Å². The highest BCUT2D eigenvalue weighted by Gasteiger charge is 2.11. The lowest BCUT2D eigenvalue weighted by Crippen LogP contribution is -2.11. The first-order valence-corrected chi connectivity index (χ1v) is 6.52. The first-order valence-electron chi connectivity index (χ1n) is 5.39. The Morgan fingerprint density at radius 2 is 2.00 bits per heavy atom. The molecule has 0 amide bonds. The fraction of sp³-hybridized carbons (Fsp3) is 0.538. The van der Waals surface area contributed by atoms with Crippen molar-refractivity contribution in [3.8, 4) is 5.75 Å². The van der Waals surface area contributed by atoms with Gasteiger partial charge in [-0.3, -0.25) is 0 Å². The van der Waals surface area contributed by atoms with Gasteiger partial charge in [0.25, 0.3) is 0 Å². The SMILES string of the molecule is CC(C)(C)CCOc1ccc(CBr)cc1F. The van der Waals surface area contributed by atoms with Crippen LogP contribution in [0.3, 0.4) is 0 Å². The predicted octanol–water partition coefficient (Wildman–Crippen LogP) is 4.54. The summed E-state index contributed by atoms with van der Waals surface area (Å²) in [7, 11) is 0. The molecule has 0 saturated heterocycles. The maximum atomic E-state index is 13.5. The van der Waals surface area contributed by atoms with Crippen molar-refractivity contribution in [2.45, 2.75) is 32.5 Å². The topological polar surface area (TPSA) is 9.23 Å². The lowest BCUT2D eigenvalue weighted by Gasteiger charge is -2.18. The summed E-state index contributed by atoms with van der Waals surface area (Å²) in [5.41, 5.74) is 1.13. The van der Waals surface area contributed by atoms with Gasteiger partial charge in [-0.1, -0.05) is 42.8 Å². The standard InChI is InChI=1S/C13H18BrFO/c1-13(2,3)6-7-16-12-5-4-10(9-14)8-11(12)15/h4-5,8H,6-7,9H2,1-3H3. The number of alkyl halides is 1. The molecular weight excluding hydrogens is 271 g/mol. The van der Waals surface area contributed by atoms with Gasteiger partial charge in [-0.25, -0.2) is 4.39 Å². The highest BCUT2D eigenvalue weighted by atomic mass is 79.9. The van der Waals surface area contributed by atoms with Crippen molar-refractivity contribution in [1.29, 1.82) is 0 Å². The predicted molar refractivity (Wildman–Crippen MR) is 68.6 cm³/mol. The zero-order valence-corrected chi connectivity index (χ0v) is 11.6. The van der Waals surface area contributed by atoms with E-state index < -0.39 is 0 Å². The molecule has 0 unspecified atom stereocenters. The molecule has 0 saturated carbocycles. The Morgan fingerprint density at radius 3 is 2.50 bits per heavy atom. The van der Waals surface area contributed by atoms with Crippen LogP contribution in [0.1, 0.15) is 32.8 Å². The van der Waals surface area contributed by atoms with Crippen molar-refractivity contribution in [2.75, 3.05) is 6.61 Å². The minimum absolute atomic E-state index is 0.215. The molecule has 0 spiro atoms. The third-order valence-corrected chi connectivity index (χ3v) is 2.91. The summed E-state index contributed by atoms with van der Waals surface area (Å²) in [5, 5.41) is 0.659. The second-order valence-electron chi connectivity index (χ2n) is 5.06. The average molecular weight is 289 g/mol. The van der Waals surface area contributed by atoms with Crippen LogP contribution in [-0.4, -0.2) is 6.61 Å². The van der Waals surface area contributed by atoms with Crippen molar-refractivity contribution < 1.29 is 9.13 Å². The molecule has 16 heavy (non-hydrogen) atoms. The van der Waals surface area contributed by atoms with Crippen molar-refractivity contribution in [2.24, 2.45) is 5.41 Å². The highest BCUT2D eigenvalue weighted by Crippen LogP contribution is 2.22. The second-order valence-corrected chi connectivity index (χ2v) is 5.62. The van der Waals surface area contributed by atoms with Gasteiger partial charge in [-0.05, 0) is 29.5 Å². The van der Waals surface area contributed by atoms with E-state index in [0.717, 1.165) is 12.0 Å². The molecule has 0 N–H and O–H groups in total. The molecule has 1 nitrogen and oxygen atoms in total. The van der Waals surface area contributed by atoms with Crippen molar-refractivity contribution in [3.05, 3.63) is 29.6 Å². The van der Waals surface area contributed by atoms with Crippen LogP contribution in [0.4, 0.5) is 4.39 Å². The minimum atomic E-state index is -0.286. The van der Waals surface area contributed by atoms with E-state index in [1.165, 1.54) is 6.07 Å². The van der Waals surface area contributed by atoms with Gasteiger partial charge >= 0.3 is 0 Å². The van der Waals surface area contributed by atoms with E-state index >= 15 is 0 Å². The monoisotopic (exact) mass is 288 g/mol. The van der Waals surface area contributed by atoms with Crippen LogP contribution in [0.5, 0.6) is 5.75 Å². The molecule has 0 fully saturated rings. The lowest BCUT2D eigenvalue weighted by molar-refractivity contribution is 0.235. The largest absolute Gasteiger partial charge is 0.490 e. The van der Waals surface area contributed by atoms with Crippen LogP contribution in [0.15, 0.2) is 18.2 Å².